The van der Waals surface area contributed by atoms with E-state index in [4.69, 9.17) is 5.11 Å². The van der Waals surface area contributed by atoms with Gasteiger partial charge >= 0.3 is 0 Å². The number of aliphatic hydroxyl groups excluding tert-OH is 1. The molecule has 0 bridgehead atoms. The number of β-amino-alcohol motifs (C(OH)–C–C–N with tert-alkyl or cyclic N) is 1. The van der Waals surface area contributed by atoms with E-state index in [1.54, 1.807) is 0 Å². The maximum absolute atomic E-state index is 8.56. The molecule has 2 nitrogen and oxygen atoms in total. The summed E-state index contributed by atoms with van der Waals surface area (Å²) in [5.41, 5.74) is 0. The minimum Gasteiger partial charge on any atom is -0.395 e. The van der Waals surface area contributed by atoms with Gasteiger partial charge in [-0.2, -0.15) is 0 Å². The van der Waals surface area contributed by atoms with Crippen LogP contribution >= 0.6 is 0 Å². The van der Waals surface area contributed by atoms with Crippen molar-refractivity contribution in [1.29, 1.82) is 0 Å². The second kappa shape index (κ2) is 3.85. The van der Waals surface area contributed by atoms with Crippen LogP contribution in [0.1, 0.15) is 19.3 Å². The molecule has 1 N–H and O–H groups in total. The lowest BCUT2D eigenvalue weighted by Gasteiger charge is -2.24. The summed E-state index contributed by atoms with van der Waals surface area (Å²) in [6, 6.07) is 0. The molecule has 0 aliphatic carbocycles. The first kappa shape index (κ1) is 7.03. The topological polar surface area (TPSA) is 23.5 Å². The summed E-state index contributed by atoms with van der Waals surface area (Å²) >= 11 is 0. The lowest BCUT2D eigenvalue weighted by atomic mass is 10.1. The summed E-state index contributed by atoms with van der Waals surface area (Å²) in [7, 11) is 0. The molecule has 0 saturated carbocycles. The standard InChI is InChI=1S/C7H14NO/c9-7-6-8-4-2-1-3-5-8/h4,9H,1-3,5-7H2. The Kier molecular flexibility index (Phi) is 3.01. The zero-order chi connectivity index (χ0) is 6.53. The molecule has 2 heteroatoms. The highest BCUT2D eigenvalue weighted by molar-refractivity contribution is 4.73. The van der Waals surface area contributed by atoms with E-state index in [-0.39, 0.29) is 6.61 Å². The third kappa shape index (κ3) is 2.33. The largest absolute Gasteiger partial charge is 0.395 e. The van der Waals surface area contributed by atoms with Crippen molar-refractivity contribution in [2.24, 2.45) is 0 Å². The molecule has 1 rings (SSSR count). The second-order valence-electron chi connectivity index (χ2n) is 2.44. The average molecular weight is 128 g/mol. The molecule has 0 atom stereocenters. The molecule has 1 heterocycles. The van der Waals surface area contributed by atoms with Gasteiger partial charge in [0.2, 0.25) is 0 Å². The molecule has 0 unspecified atom stereocenters. The molecule has 0 aromatic carbocycles. The fourth-order valence-corrected chi connectivity index (χ4v) is 1.16. The highest BCUT2D eigenvalue weighted by atomic mass is 16.3. The van der Waals surface area contributed by atoms with Crippen LogP contribution in [0, 0.1) is 6.54 Å². The summed E-state index contributed by atoms with van der Waals surface area (Å²) < 4.78 is 0. The zero-order valence-electron chi connectivity index (χ0n) is 5.71. The molecule has 1 saturated heterocycles. The zero-order valence-corrected chi connectivity index (χ0v) is 5.71. The molecule has 1 aliphatic heterocycles. The normalized spacial score (nSPS) is 22.3. The number of likely N-dealkylation sites (tertiary alicyclic amines) is 1. The van der Waals surface area contributed by atoms with Crippen LogP contribution in [-0.2, 0) is 0 Å². The number of piperidine rings is 1. The predicted octanol–water partition coefficient (Wildman–Crippen LogP) is 0.626. The number of hydrogen-bond donors (Lipinski definition) is 1. The first-order valence-corrected chi connectivity index (χ1v) is 3.62. The van der Waals surface area contributed by atoms with Crippen molar-refractivity contribution < 1.29 is 5.11 Å². The third-order valence-corrected chi connectivity index (χ3v) is 1.67. The van der Waals surface area contributed by atoms with E-state index in [9.17, 15) is 0 Å². The summed E-state index contributed by atoms with van der Waals surface area (Å²) in [6.07, 6.45) is 3.80. The number of hydrogen-bond acceptors (Lipinski definition) is 2. The van der Waals surface area contributed by atoms with Crippen molar-refractivity contribution in [3.05, 3.63) is 6.54 Å². The predicted molar refractivity (Wildman–Crippen MR) is 36.8 cm³/mol. The fourth-order valence-electron chi connectivity index (χ4n) is 1.16. The van der Waals surface area contributed by atoms with E-state index in [0.29, 0.717) is 0 Å². The van der Waals surface area contributed by atoms with Gasteiger partial charge in [-0.05, 0) is 19.4 Å². The van der Waals surface area contributed by atoms with Gasteiger partial charge in [0.15, 0.2) is 0 Å². The van der Waals surface area contributed by atoms with Gasteiger partial charge in [-0.3, -0.25) is 4.90 Å². The quantitative estimate of drug-likeness (QED) is 0.589. The van der Waals surface area contributed by atoms with Crippen LogP contribution in [0.5, 0.6) is 0 Å². The smallest absolute Gasteiger partial charge is 0.0558 e. The van der Waals surface area contributed by atoms with Gasteiger partial charge in [-0.25, -0.2) is 0 Å². The Morgan fingerprint density at radius 1 is 1.44 bits per heavy atom. The van der Waals surface area contributed by atoms with Crippen molar-refractivity contribution in [2.45, 2.75) is 19.3 Å². The maximum Gasteiger partial charge on any atom is 0.0558 e. The van der Waals surface area contributed by atoms with Gasteiger partial charge in [0.1, 0.15) is 0 Å². The summed E-state index contributed by atoms with van der Waals surface area (Å²) in [6.45, 7) is 4.44. The van der Waals surface area contributed by atoms with E-state index >= 15 is 0 Å². The summed E-state index contributed by atoms with van der Waals surface area (Å²) in [5, 5.41) is 8.56. The van der Waals surface area contributed by atoms with Gasteiger partial charge in [0.05, 0.1) is 6.61 Å². The van der Waals surface area contributed by atoms with E-state index in [2.05, 4.69) is 11.4 Å². The Bertz CT molecular complexity index is 66.6. The number of rotatable bonds is 2. The molecule has 1 radical (unpaired) electrons. The van der Waals surface area contributed by atoms with E-state index < -0.39 is 0 Å². The Labute approximate surface area is 56.5 Å². The first-order valence-electron chi connectivity index (χ1n) is 3.62. The van der Waals surface area contributed by atoms with Crippen molar-refractivity contribution >= 4 is 0 Å². The molecule has 0 spiro atoms. The van der Waals surface area contributed by atoms with Crippen LogP contribution in [-0.4, -0.2) is 29.7 Å². The van der Waals surface area contributed by atoms with Gasteiger partial charge in [-0.15, -0.1) is 0 Å². The van der Waals surface area contributed by atoms with Crippen LogP contribution < -0.4 is 0 Å². The highest BCUT2D eigenvalue weighted by Gasteiger charge is 2.08. The molecule has 1 aliphatic rings. The highest BCUT2D eigenvalue weighted by Crippen LogP contribution is 2.10. The first-order chi connectivity index (χ1) is 4.43. The molecular weight excluding hydrogens is 114 g/mol. The average Bonchev–Trinajstić information content (AvgIpc) is 1.91. The van der Waals surface area contributed by atoms with Crippen LogP contribution in [0.15, 0.2) is 0 Å². The monoisotopic (exact) mass is 128 g/mol. The Morgan fingerprint density at radius 3 is 2.89 bits per heavy atom. The van der Waals surface area contributed by atoms with Crippen LogP contribution in [0.4, 0.5) is 0 Å². The van der Waals surface area contributed by atoms with Gasteiger partial charge in [0.25, 0.3) is 0 Å². The Morgan fingerprint density at radius 2 is 2.33 bits per heavy atom. The van der Waals surface area contributed by atoms with Crippen molar-refractivity contribution in [3.8, 4) is 0 Å². The van der Waals surface area contributed by atoms with Crippen molar-refractivity contribution in [1.82, 2.24) is 4.90 Å². The van der Waals surface area contributed by atoms with Gasteiger partial charge in [-0.1, -0.05) is 6.42 Å². The molecular formula is C7H14NO. The molecule has 0 amide bonds. The molecule has 9 heavy (non-hydrogen) atoms. The summed E-state index contributed by atoms with van der Waals surface area (Å²) in [4.78, 5) is 2.20. The molecule has 0 aromatic heterocycles. The van der Waals surface area contributed by atoms with E-state index in [0.717, 1.165) is 13.1 Å². The van der Waals surface area contributed by atoms with Gasteiger partial charge in [0, 0.05) is 13.1 Å². The van der Waals surface area contributed by atoms with Crippen LogP contribution in [0.2, 0.25) is 0 Å². The van der Waals surface area contributed by atoms with Crippen LogP contribution in [0.25, 0.3) is 0 Å². The Balaban J connectivity index is 2.08. The second-order valence-corrected chi connectivity index (χ2v) is 2.44. The third-order valence-electron chi connectivity index (χ3n) is 1.67. The lowest BCUT2D eigenvalue weighted by molar-refractivity contribution is 0.203. The van der Waals surface area contributed by atoms with E-state index in [1.807, 2.05) is 0 Å². The van der Waals surface area contributed by atoms with Gasteiger partial charge < -0.3 is 5.11 Å². The van der Waals surface area contributed by atoms with E-state index in [1.165, 1.54) is 19.3 Å². The number of nitrogens with zero attached hydrogens (tertiary/aromatic N) is 1. The van der Waals surface area contributed by atoms with Crippen molar-refractivity contribution in [3.63, 3.8) is 0 Å². The maximum atomic E-state index is 8.56. The molecule has 53 valence electrons. The minimum absolute atomic E-state index is 0.288. The lowest BCUT2D eigenvalue weighted by Crippen LogP contribution is -2.28. The SMILES string of the molecule is OCCN1[CH]CCCC1. The summed E-state index contributed by atoms with van der Waals surface area (Å²) in [5.74, 6) is 0. The minimum atomic E-state index is 0.288. The fraction of sp³-hybridized carbons (Fsp3) is 0.857. The molecule has 1 fully saturated rings. The van der Waals surface area contributed by atoms with Crippen molar-refractivity contribution in [2.75, 3.05) is 19.7 Å². The van der Waals surface area contributed by atoms with Crippen LogP contribution in [0.3, 0.4) is 0 Å². The molecule has 0 aromatic rings. The number of aliphatic hydroxyl groups is 1. The Hall–Kier alpha value is -0.0800.